The maximum atomic E-state index is 13.0. The molecule has 0 saturated carbocycles. The van der Waals surface area contributed by atoms with Crippen LogP contribution >= 0.6 is 11.6 Å². The summed E-state index contributed by atoms with van der Waals surface area (Å²) in [6.07, 6.45) is 0. The second-order valence-corrected chi connectivity index (χ2v) is 4.55. The number of nitrogens with zero attached hydrogens (tertiary/aromatic N) is 2. The Kier molecular flexibility index (Phi) is 4.02. The molecule has 0 radical (unpaired) electrons. The van der Waals surface area contributed by atoms with E-state index < -0.39 is 5.82 Å². The largest absolute Gasteiger partial charge is 0.311 e. The van der Waals surface area contributed by atoms with E-state index in [9.17, 15) is 9.18 Å². The maximum Gasteiger partial charge on any atom is 0.259 e. The van der Waals surface area contributed by atoms with E-state index in [1.807, 2.05) is 6.07 Å². The van der Waals surface area contributed by atoms with E-state index in [1.165, 1.54) is 17.0 Å². The van der Waals surface area contributed by atoms with E-state index in [4.69, 9.17) is 16.9 Å². The number of carbonyl (C=O) groups is 1. The van der Waals surface area contributed by atoms with Gasteiger partial charge < -0.3 is 4.90 Å². The molecule has 0 bridgehead atoms. The van der Waals surface area contributed by atoms with E-state index in [-0.39, 0.29) is 16.5 Å². The second-order valence-electron chi connectivity index (χ2n) is 4.15. The topological polar surface area (TPSA) is 44.1 Å². The van der Waals surface area contributed by atoms with Crippen molar-refractivity contribution in [3.63, 3.8) is 0 Å². The molecule has 2 aromatic carbocycles. The number of rotatable bonds is 2. The van der Waals surface area contributed by atoms with E-state index in [2.05, 4.69) is 0 Å². The molecule has 3 nitrogen and oxygen atoms in total. The SMILES string of the molecule is CN(C(=O)c1ccc(F)cc1Cl)c1ccc(C#N)cc1. The van der Waals surface area contributed by atoms with Crippen LogP contribution in [-0.2, 0) is 0 Å². The molecule has 0 N–H and O–H groups in total. The molecular formula is C15H10ClFN2O. The van der Waals surface area contributed by atoms with E-state index in [0.29, 0.717) is 11.3 Å². The van der Waals surface area contributed by atoms with Crippen molar-refractivity contribution in [3.05, 3.63) is 64.4 Å². The fourth-order valence-electron chi connectivity index (χ4n) is 1.72. The number of hydrogen-bond donors (Lipinski definition) is 0. The molecule has 20 heavy (non-hydrogen) atoms. The van der Waals surface area contributed by atoms with Gasteiger partial charge in [0.15, 0.2) is 0 Å². The predicted octanol–water partition coefficient (Wildman–Crippen LogP) is 3.63. The summed E-state index contributed by atoms with van der Waals surface area (Å²) in [7, 11) is 1.59. The highest BCUT2D eigenvalue weighted by molar-refractivity contribution is 6.34. The van der Waals surface area contributed by atoms with Crippen molar-refractivity contribution in [2.24, 2.45) is 0 Å². The molecule has 0 heterocycles. The summed E-state index contributed by atoms with van der Waals surface area (Å²) < 4.78 is 13.0. The molecule has 0 aliphatic rings. The van der Waals surface area contributed by atoms with E-state index in [0.717, 1.165) is 6.07 Å². The summed E-state index contributed by atoms with van der Waals surface area (Å²) >= 11 is 5.87. The van der Waals surface area contributed by atoms with Gasteiger partial charge >= 0.3 is 0 Å². The summed E-state index contributed by atoms with van der Waals surface area (Å²) in [6, 6.07) is 12.2. The average Bonchev–Trinajstić information content (AvgIpc) is 2.46. The molecule has 5 heteroatoms. The number of hydrogen-bond acceptors (Lipinski definition) is 2. The van der Waals surface area contributed by atoms with Crippen molar-refractivity contribution in [2.75, 3.05) is 11.9 Å². The Balaban J connectivity index is 2.30. The fraction of sp³-hybridized carbons (Fsp3) is 0.0667. The number of anilines is 1. The first-order valence-electron chi connectivity index (χ1n) is 5.76. The third-order valence-electron chi connectivity index (χ3n) is 2.85. The van der Waals surface area contributed by atoms with E-state index in [1.54, 1.807) is 31.3 Å². The lowest BCUT2D eigenvalue weighted by Crippen LogP contribution is -2.26. The Morgan fingerprint density at radius 2 is 1.90 bits per heavy atom. The van der Waals surface area contributed by atoms with Crippen LogP contribution in [-0.4, -0.2) is 13.0 Å². The van der Waals surface area contributed by atoms with Crippen LogP contribution in [0.25, 0.3) is 0 Å². The van der Waals surface area contributed by atoms with Gasteiger partial charge in [-0.15, -0.1) is 0 Å². The molecule has 0 aromatic heterocycles. The molecule has 0 aliphatic heterocycles. The first kappa shape index (κ1) is 14.0. The molecule has 0 fully saturated rings. The summed E-state index contributed by atoms with van der Waals surface area (Å²) in [4.78, 5) is 13.7. The van der Waals surface area contributed by atoms with Crippen molar-refractivity contribution < 1.29 is 9.18 Å². The van der Waals surface area contributed by atoms with Crippen LogP contribution in [0, 0.1) is 17.1 Å². The van der Waals surface area contributed by atoms with Crippen molar-refractivity contribution in [2.45, 2.75) is 0 Å². The van der Waals surface area contributed by atoms with Crippen LogP contribution in [0.5, 0.6) is 0 Å². The van der Waals surface area contributed by atoms with Gasteiger partial charge in [0, 0.05) is 12.7 Å². The average molecular weight is 289 g/mol. The normalized spacial score (nSPS) is 9.90. The molecule has 1 amide bonds. The summed E-state index contributed by atoms with van der Waals surface area (Å²) in [5, 5.41) is 8.80. The van der Waals surface area contributed by atoms with E-state index >= 15 is 0 Å². The highest BCUT2D eigenvalue weighted by Crippen LogP contribution is 2.22. The Bertz CT molecular complexity index is 692. The van der Waals surface area contributed by atoms with Gasteiger partial charge in [0.2, 0.25) is 0 Å². The predicted molar refractivity (Wildman–Crippen MR) is 75.3 cm³/mol. The van der Waals surface area contributed by atoms with Gasteiger partial charge in [-0.1, -0.05) is 11.6 Å². The van der Waals surface area contributed by atoms with Gasteiger partial charge in [0.1, 0.15) is 5.82 Å². The second kappa shape index (κ2) is 5.72. The van der Waals surface area contributed by atoms with Crippen LogP contribution in [0.4, 0.5) is 10.1 Å². The number of benzene rings is 2. The molecule has 0 aliphatic carbocycles. The minimum atomic E-state index is -0.493. The molecule has 2 aromatic rings. The Labute approximate surface area is 120 Å². The first-order chi connectivity index (χ1) is 9.52. The smallest absolute Gasteiger partial charge is 0.259 e. The van der Waals surface area contributed by atoms with Gasteiger partial charge in [-0.05, 0) is 42.5 Å². The minimum absolute atomic E-state index is 0.0653. The third-order valence-corrected chi connectivity index (χ3v) is 3.16. The molecule has 0 saturated heterocycles. The Morgan fingerprint density at radius 1 is 1.25 bits per heavy atom. The molecule has 2 rings (SSSR count). The van der Waals surface area contributed by atoms with Gasteiger partial charge in [-0.25, -0.2) is 4.39 Å². The van der Waals surface area contributed by atoms with Gasteiger partial charge in [-0.2, -0.15) is 5.26 Å². The molecule has 100 valence electrons. The zero-order chi connectivity index (χ0) is 14.7. The Morgan fingerprint density at radius 3 is 2.45 bits per heavy atom. The first-order valence-corrected chi connectivity index (χ1v) is 6.14. The quantitative estimate of drug-likeness (QED) is 0.847. The highest BCUT2D eigenvalue weighted by atomic mass is 35.5. The zero-order valence-electron chi connectivity index (χ0n) is 10.6. The monoisotopic (exact) mass is 288 g/mol. The lowest BCUT2D eigenvalue weighted by Gasteiger charge is -2.18. The van der Waals surface area contributed by atoms with Crippen LogP contribution in [0.3, 0.4) is 0 Å². The van der Waals surface area contributed by atoms with Gasteiger partial charge in [0.25, 0.3) is 5.91 Å². The van der Waals surface area contributed by atoms with Gasteiger partial charge in [0.05, 0.1) is 22.2 Å². The molecule has 0 atom stereocenters. The van der Waals surface area contributed by atoms with Crippen molar-refractivity contribution in [1.82, 2.24) is 0 Å². The summed E-state index contributed by atoms with van der Waals surface area (Å²) in [5.41, 5.74) is 1.35. The lowest BCUT2D eigenvalue weighted by atomic mass is 10.1. The summed E-state index contributed by atoms with van der Waals surface area (Å²) in [5.74, 6) is -0.840. The highest BCUT2D eigenvalue weighted by Gasteiger charge is 2.16. The third kappa shape index (κ3) is 2.79. The van der Waals surface area contributed by atoms with Crippen LogP contribution in [0.15, 0.2) is 42.5 Å². The molecule has 0 spiro atoms. The number of halogens is 2. The lowest BCUT2D eigenvalue weighted by molar-refractivity contribution is 0.0993. The number of nitriles is 1. The number of amides is 1. The van der Waals surface area contributed by atoms with Crippen molar-refractivity contribution in [1.29, 1.82) is 5.26 Å². The van der Waals surface area contributed by atoms with Crippen molar-refractivity contribution in [3.8, 4) is 6.07 Å². The summed E-state index contributed by atoms with van der Waals surface area (Å²) in [6.45, 7) is 0. The standard InChI is InChI=1S/C15H10ClFN2O/c1-19(12-5-2-10(9-18)3-6-12)15(20)13-7-4-11(17)8-14(13)16/h2-8H,1H3. The van der Waals surface area contributed by atoms with Crippen LogP contribution < -0.4 is 4.90 Å². The van der Waals surface area contributed by atoms with Crippen molar-refractivity contribution >= 4 is 23.2 Å². The maximum absolute atomic E-state index is 13.0. The van der Waals surface area contributed by atoms with Gasteiger partial charge in [-0.3, -0.25) is 4.79 Å². The molecule has 0 unspecified atom stereocenters. The Hall–Kier alpha value is -2.38. The fourth-order valence-corrected chi connectivity index (χ4v) is 1.97. The minimum Gasteiger partial charge on any atom is -0.311 e. The zero-order valence-corrected chi connectivity index (χ0v) is 11.4. The molecular weight excluding hydrogens is 279 g/mol. The number of carbonyl (C=O) groups excluding carboxylic acids is 1. The van der Waals surface area contributed by atoms with Crippen LogP contribution in [0.2, 0.25) is 5.02 Å². The van der Waals surface area contributed by atoms with Crippen LogP contribution in [0.1, 0.15) is 15.9 Å².